The van der Waals surface area contributed by atoms with Crippen LogP contribution in [0.15, 0.2) is 0 Å². The summed E-state index contributed by atoms with van der Waals surface area (Å²) < 4.78 is 0. The summed E-state index contributed by atoms with van der Waals surface area (Å²) in [7, 11) is 0. The van der Waals surface area contributed by atoms with Crippen LogP contribution in [0.25, 0.3) is 0 Å². The molecule has 1 fully saturated rings. The maximum atomic E-state index is 8.31. The molecule has 1 rings (SSSR count). The van der Waals surface area contributed by atoms with Crippen molar-refractivity contribution >= 4 is 0 Å². The average molecular weight is 124 g/mol. The van der Waals surface area contributed by atoms with Gasteiger partial charge < -0.3 is 0 Å². The minimum atomic E-state index is 0.603. The fraction of sp³-hybridized carbons (Fsp3) is 0.857. The Morgan fingerprint density at radius 1 is 1.67 bits per heavy atom. The van der Waals surface area contributed by atoms with E-state index in [2.05, 4.69) is 24.8 Å². The molecule has 0 radical (unpaired) electrons. The summed E-state index contributed by atoms with van der Waals surface area (Å²) in [4.78, 5) is 2.19. The van der Waals surface area contributed by atoms with Gasteiger partial charge in [0.05, 0.1) is 12.6 Å². The Labute approximate surface area is 56.1 Å². The molecule has 0 aliphatic carbocycles. The third-order valence-electron chi connectivity index (χ3n) is 2.20. The monoisotopic (exact) mass is 124 g/mol. The van der Waals surface area contributed by atoms with Gasteiger partial charge in [0.25, 0.3) is 0 Å². The van der Waals surface area contributed by atoms with Crippen molar-refractivity contribution < 1.29 is 0 Å². The Morgan fingerprint density at radius 2 is 2.33 bits per heavy atom. The average Bonchev–Trinajstić information content (AvgIpc) is 1.88. The van der Waals surface area contributed by atoms with Gasteiger partial charge in [-0.05, 0) is 12.8 Å². The summed E-state index contributed by atoms with van der Waals surface area (Å²) >= 11 is 0. The minimum absolute atomic E-state index is 0.603. The van der Waals surface area contributed by atoms with Crippen molar-refractivity contribution in [2.24, 2.45) is 5.92 Å². The van der Waals surface area contributed by atoms with E-state index in [0.717, 1.165) is 12.5 Å². The van der Waals surface area contributed by atoms with Crippen LogP contribution in [-0.4, -0.2) is 24.0 Å². The first-order valence-corrected chi connectivity index (χ1v) is 3.36. The quantitative estimate of drug-likeness (QED) is 0.484. The van der Waals surface area contributed by atoms with E-state index in [1.807, 2.05) is 0 Å². The van der Waals surface area contributed by atoms with E-state index < -0.39 is 0 Å². The molecule has 1 heterocycles. The molecule has 50 valence electrons. The van der Waals surface area contributed by atoms with Crippen LogP contribution in [0.2, 0.25) is 0 Å². The summed E-state index contributed by atoms with van der Waals surface area (Å²) in [6, 6.07) is 2.78. The highest BCUT2D eigenvalue weighted by molar-refractivity contribution is 4.90. The van der Waals surface area contributed by atoms with Gasteiger partial charge in [-0.25, -0.2) is 0 Å². The van der Waals surface area contributed by atoms with Crippen LogP contribution in [0, 0.1) is 17.2 Å². The first kappa shape index (κ1) is 6.57. The Hall–Kier alpha value is -0.550. The van der Waals surface area contributed by atoms with Crippen molar-refractivity contribution in [1.82, 2.24) is 4.90 Å². The molecule has 0 saturated carbocycles. The summed E-state index contributed by atoms with van der Waals surface area (Å²) in [5.74, 6) is 0.790. The molecule has 1 aliphatic rings. The molecule has 1 saturated heterocycles. The highest BCUT2D eigenvalue weighted by Gasteiger charge is 2.30. The summed E-state index contributed by atoms with van der Waals surface area (Å²) in [5, 5.41) is 8.31. The largest absolute Gasteiger partial charge is 0.287 e. The van der Waals surface area contributed by atoms with Gasteiger partial charge in [0.15, 0.2) is 0 Å². The topological polar surface area (TPSA) is 27.0 Å². The highest BCUT2D eigenvalue weighted by Crippen LogP contribution is 2.22. The third kappa shape index (κ3) is 1.06. The zero-order valence-electron chi connectivity index (χ0n) is 5.96. The standard InChI is InChI=1S/C7H12N2/c1-6-5-9(4-3-8)7(6)2/h6-7H,4-5H2,1-2H3. The lowest BCUT2D eigenvalue weighted by atomic mass is 9.92. The molecule has 2 unspecified atom stereocenters. The predicted octanol–water partition coefficient (Wildman–Crippen LogP) is 0.850. The second-order valence-corrected chi connectivity index (χ2v) is 2.81. The van der Waals surface area contributed by atoms with E-state index in [1.54, 1.807) is 0 Å². The van der Waals surface area contributed by atoms with Crippen LogP contribution in [0.4, 0.5) is 0 Å². The van der Waals surface area contributed by atoms with Crippen molar-refractivity contribution in [2.45, 2.75) is 19.9 Å². The first-order valence-electron chi connectivity index (χ1n) is 3.36. The number of nitriles is 1. The molecule has 9 heavy (non-hydrogen) atoms. The molecule has 2 heteroatoms. The highest BCUT2D eigenvalue weighted by atomic mass is 15.2. The lowest BCUT2D eigenvalue weighted by Gasteiger charge is -2.43. The molecule has 0 spiro atoms. The normalized spacial score (nSPS) is 35.2. The molecule has 1 aliphatic heterocycles. The van der Waals surface area contributed by atoms with E-state index in [0.29, 0.717) is 12.6 Å². The molecule has 0 aromatic carbocycles. The second-order valence-electron chi connectivity index (χ2n) is 2.81. The van der Waals surface area contributed by atoms with Gasteiger partial charge in [-0.1, -0.05) is 6.92 Å². The van der Waals surface area contributed by atoms with Gasteiger partial charge in [0.2, 0.25) is 0 Å². The third-order valence-corrected chi connectivity index (χ3v) is 2.20. The van der Waals surface area contributed by atoms with E-state index in [4.69, 9.17) is 5.26 Å². The molecule has 2 nitrogen and oxygen atoms in total. The van der Waals surface area contributed by atoms with Crippen molar-refractivity contribution in [3.8, 4) is 6.07 Å². The van der Waals surface area contributed by atoms with Crippen LogP contribution in [0.5, 0.6) is 0 Å². The van der Waals surface area contributed by atoms with Gasteiger partial charge >= 0.3 is 0 Å². The van der Waals surface area contributed by atoms with Crippen molar-refractivity contribution in [2.75, 3.05) is 13.1 Å². The molecular weight excluding hydrogens is 112 g/mol. The van der Waals surface area contributed by atoms with Gasteiger partial charge in [0, 0.05) is 12.6 Å². The van der Waals surface area contributed by atoms with E-state index in [1.165, 1.54) is 0 Å². The Bertz CT molecular complexity index is 136. The lowest BCUT2D eigenvalue weighted by Crippen LogP contribution is -2.52. The fourth-order valence-corrected chi connectivity index (χ4v) is 1.21. The fourth-order valence-electron chi connectivity index (χ4n) is 1.21. The SMILES string of the molecule is CC1CN(CC#N)C1C. The molecule has 0 aromatic heterocycles. The van der Waals surface area contributed by atoms with Gasteiger partial charge in [-0.2, -0.15) is 5.26 Å². The summed E-state index contributed by atoms with van der Waals surface area (Å²) in [5.41, 5.74) is 0. The Balaban J connectivity index is 2.27. The maximum Gasteiger partial charge on any atom is 0.0868 e. The van der Waals surface area contributed by atoms with Crippen molar-refractivity contribution in [1.29, 1.82) is 5.26 Å². The van der Waals surface area contributed by atoms with Gasteiger partial charge in [0.1, 0.15) is 0 Å². The van der Waals surface area contributed by atoms with E-state index in [9.17, 15) is 0 Å². The van der Waals surface area contributed by atoms with Gasteiger partial charge in [-0.15, -0.1) is 0 Å². The number of likely N-dealkylation sites (tertiary alicyclic amines) is 1. The van der Waals surface area contributed by atoms with Crippen LogP contribution >= 0.6 is 0 Å². The molecule has 2 atom stereocenters. The molecule has 0 bridgehead atoms. The predicted molar refractivity (Wildman–Crippen MR) is 35.8 cm³/mol. The van der Waals surface area contributed by atoms with Crippen LogP contribution in [0.3, 0.4) is 0 Å². The first-order chi connectivity index (χ1) is 4.25. The van der Waals surface area contributed by atoms with Crippen molar-refractivity contribution in [3.63, 3.8) is 0 Å². The molecule has 0 amide bonds. The lowest BCUT2D eigenvalue weighted by molar-refractivity contribution is 0.0530. The number of hydrogen-bond donors (Lipinski definition) is 0. The maximum absolute atomic E-state index is 8.31. The molecular formula is C7H12N2. The minimum Gasteiger partial charge on any atom is -0.287 e. The van der Waals surface area contributed by atoms with E-state index >= 15 is 0 Å². The Kier molecular flexibility index (Phi) is 1.73. The zero-order valence-corrected chi connectivity index (χ0v) is 5.96. The number of rotatable bonds is 1. The smallest absolute Gasteiger partial charge is 0.0868 e. The van der Waals surface area contributed by atoms with E-state index in [-0.39, 0.29) is 0 Å². The van der Waals surface area contributed by atoms with Crippen LogP contribution in [0.1, 0.15) is 13.8 Å². The second kappa shape index (κ2) is 2.36. The summed E-state index contributed by atoms with van der Waals surface area (Å²) in [6.45, 7) is 6.10. The van der Waals surface area contributed by atoms with Crippen LogP contribution in [-0.2, 0) is 0 Å². The van der Waals surface area contributed by atoms with Crippen LogP contribution < -0.4 is 0 Å². The molecule has 0 N–H and O–H groups in total. The summed E-state index contributed by atoms with van der Waals surface area (Å²) in [6.07, 6.45) is 0. The number of hydrogen-bond acceptors (Lipinski definition) is 2. The molecule has 0 aromatic rings. The Morgan fingerprint density at radius 3 is 2.67 bits per heavy atom. The van der Waals surface area contributed by atoms with Gasteiger partial charge in [-0.3, -0.25) is 4.90 Å². The number of nitrogens with zero attached hydrogens (tertiary/aromatic N) is 2. The zero-order chi connectivity index (χ0) is 6.85. The van der Waals surface area contributed by atoms with Crippen molar-refractivity contribution in [3.05, 3.63) is 0 Å².